The van der Waals surface area contributed by atoms with E-state index in [1.165, 1.54) is 0 Å². The molecule has 0 saturated heterocycles. The van der Waals surface area contributed by atoms with Crippen LogP contribution in [0.2, 0.25) is 0 Å². The number of pyridine rings is 1. The summed E-state index contributed by atoms with van der Waals surface area (Å²) in [6.45, 7) is 2.05. The average Bonchev–Trinajstić information content (AvgIpc) is 2.64. The average molecular weight is 232 g/mol. The second-order valence-electron chi connectivity index (χ2n) is 3.81. The maximum Gasteiger partial charge on any atom is 0.149 e. The molecule has 2 heterocycles. The van der Waals surface area contributed by atoms with Crippen LogP contribution in [0.3, 0.4) is 0 Å². The minimum Gasteiger partial charge on any atom is -0.396 e. The van der Waals surface area contributed by atoms with Crippen molar-refractivity contribution in [1.29, 1.82) is 0 Å². The van der Waals surface area contributed by atoms with E-state index in [9.17, 15) is 0 Å². The highest BCUT2D eigenvalue weighted by molar-refractivity contribution is 5.65. The van der Waals surface area contributed by atoms with Gasteiger partial charge < -0.3 is 16.8 Å². The number of rotatable bonds is 3. The molecule has 0 aliphatic rings. The Kier molecular flexibility index (Phi) is 2.86. The molecular weight excluding hydrogens is 216 g/mol. The van der Waals surface area contributed by atoms with E-state index in [1.54, 1.807) is 16.8 Å². The van der Waals surface area contributed by atoms with E-state index in [-0.39, 0.29) is 0 Å². The Balaban J connectivity index is 2.27. The molecule has 2 aromatic heterocycles. The number of anilines is 4. The topological polar surface area (TPSA) is 94.8 Å². The van der Waals surface area contributed by atoms with Gasteiger partial charge in [0.1, 0.15) is 11.6 Å². The Hall–Kier alpha value is -2.24. The molecule has 0 saturated carbocycles. The van der Waals surface area contributed by atoms with E-state index in [4.69, 9.17) is 11.5 Å². The molecule has 90 valence electrons. The molecule has 0 spiro atoms. The molecule has 0 radical (unpaired) electrons. The van der Waals surface area contributed by atoms with Crippen molar-refractivity contribution in [2.24, 2.45) is 7.05 Å². The van der Waals surface area contributed by atoms with Crippen molar-refractivity contribution in [3.63, 3.8) is 0 Å². The first kappa shape index (κ1) is 11.3. The summed E-state index contributed by atoms with van der Waals surface area (Å²) >= 11 is 0. The van der Waals surface area contributed by atoms with Gasteiger partial charge in [0.2, 0.25) is 0 Å². The van der Waals surface area contributed by atoms with E-state index in [2.05, 4.69) is 22.3 Å². The molecule has 0 atom stereocenters. The lowest BCUT2D eigenvalue weighted by Gasteiger charge is -2.06. The molecule has 0 bridgehead atoms. The Labute approximate surface area is 99.6 Å². The van der Waals surface area contributed by atoms with Crippen molar-refractivity contribution < 1.29 is 0 Å². The van der Waals surface area contributed by atoms with Gasteiger partial charge in [-0.1, -0.05) is 6.92 Å². The number of nitrogens with two attached hydrogens (primary N) is 2. The summed E-state index contributed by atoms with van der Waals surface area (Å²) in [5.74, 6) is 0.997. The summed E-state index contributed by atoms with van der Waals surface area (Å²) in [5, 5.41) is 7.52. The van der Waals surface area contributed by atoms with Crippen molar-refractivity contribution in [2.45, 2.75) is 13.3 Å². The zero-order valence-electron chi connectivity index (χ0n) is 9.94. The van der Waals surface area contributed by atoms with Crippen molar-refractivity contribution in [2.75, 3.05) is 16.8 Å². The molecule has 0 aromatic carbocycles. The Bertz CT molecular complexity index is 531. The standard InChI is InChI=1S/C11H16N6/c1-3-8-9(6-17(2)16-8)14-10-5-4-7(12)11(13)15-10/h4-6H,3,12H2,1-2H3,(H3,13,14,15). The van der Waals surface area contributed by atoms with Crippen LogP contribution in [0.5, 0.6) is 0 Å². The van der Waals surface area contributed by atoms with E-state index in [0.29, 0.717) is 17.3 Å². The fourth-order valence-electron chi connectivity index (χ4n) is 1.59. The van der Waals surface area contributed by atoms with Crippen molar-refractivity contribution in [1.82, 2.24) is 14.8 Å². The summed E-state index contributed by atoms with van der Waals surface area (Å²) in [7, 11) is 1.88. The number of nitrogens with one attached hydrogen (secondary N) is 1. The third-order valence-electron chi connectivity index (χ3n) is 2.46. The highest BCUT2D eigenvalue weighted by Crippen LogP contribution is 2.21. The molecule has 2 aromatic rings. The van der Waals surface area contributed by atoms with Crippen LogP contribution in [0, 0.1) is 0 Å². The van der Waals surface area contributed by atoms with Gasteiger partial charge in [-0.05, 0) is 18.6 Å². The third-order valence-corrected chi connectivity index (χ3v) is 2.46. The third kappa shape index (κ3) is 2.30. The van der Waals surface area contributed by atoms with Gasteiger partial charge in [0.05, 0.1) is 17.1 Å². The molecule has 6 nitrogen and oxygen atoms in total. The first-order valence-corrected chi connectivity index (χ1v) is 5.41. The molecule has 0 amide bonds. The van der Waals surface area contributed by atoms with Gasteiger partial charge >= 0.3 is 0 Å². The maximum atomic E-state index is 5.65. The molecule has 6 heteroatoms. The minimum atomic E-state index is 0.330. The number of hydrogen-bond donors (Lipinski definition) is 3. The summed E-state index contributed by atoms with van der Waals surface area (Å²) in [4.78, 5) is 4.16. The van der Waals surface area contributed by atoms with Crippen LogP contribution in [0.1, 0.15) is 12.6 Å². The second-order valence-corrected chi connectivity index (χ2v) is 3.81. The van der Waals surface area contributed by atoms with Gasteiger partial charge in [-0.3, -0.25) is 4.68 Å². The fourth-order valence-corrected chi connectivity index (χ4v) is 1.59. The quantitative estimate of drug-likeness (QED) is 0.741. The molecular formula is C11H16N6. The lowest BCUT2D eigenvalue weighted by Crippen LogP contribution is -2.01. The summed E-state index contributed by atoms with van der Waals surface area (Å²) in [6.07, 6.45) is 2.76. The number of hydrogen-bond acceptors (Lipinski definition) is 5. The largest absolute Gasteiger partial charge is 0.396 e. The smallest absolute Gasteiger partial charge is 0.149 e. The first-order valence-electron chi connectivity index (χ1n) is 5.41. The highest BCUT2D eigenvalue weighted by atomic mass is 15.3. The minimum absolute atomic E-state index is 0.330. The Morgan fingerprint density at radius 2 is 2.12 bits per heavy atom. The predicted octanol–water partition coefficient (Wildman–Crippen LogP) is 1.29. The summed E-state index contributed by atoms with van der Waals surface area (Å²) in [6, 6.07) is 3.52. The van der Waals surface area contributed by atoms with Crippen LogP contribution >= 0.6 is 0 Å². The van der Waals surface area contributed by atoms with E-state index in [0.717, 1.165) is 17.8 Å². The van der Waals surface area contributed by atoms with E-state index < -0.39 is 0 Å². The van der Waals surface area contributed by atoms with Crippen molar-refractivity contribution in [3.8, 4) is 0 Å². The summed E-state index contributed by atoms with van der Waals surface area (Å²) in [5.41, 5.74) is 13.7. The van der Waals surface area contributed by atoms with Gasteiger partial charge in [0, 0.05) is 13.2 Å². The number of aryl methyl sites for hydroxylation is 2. The van der Waals surface area contributed by atoms with Crippen LogP contribution in [0.25, 0.3) is 0 Å². The number of nitrogens with zero attached hydrogens (tertiary/aromatic N) is 3. The van der Waals surface area contributed by atoms with Crippen molar-refractivity contribution >= 4 is 23.0 Å². The fraction of sp³-hybridized carbons (Fsp3) is 0.273. The lowest BCUT2D eigenvalue weighted by molar-refractivity contribution is 0.746. The van der Waals surface area contributed by atoms with Crippen LogP contribution in [0.4, 0.5) is 23.0 Å². The second kappa shape index (κ2) is 4.32. The molecule has 0 aliphatic heterocycles. The SMILES string of the molecule is CCc1nn(C)cc1Nc1ccc(N)c(N)n1. The van der Waals surface area contributed by atoms with Crippen LogP contribution in [0.15, 0.2) is 18.3 Å². The monoisotopic (exact) mass is 232 g/mol. The Morgan fingerprint density at radius 1 is 1.35 bits per heavy atom. The van der Waals surface area contributed by atoms with Crippen LogP contribution in [-0.4, -0.2) is 14.8 Å². The number of nitrogen functional groups attached to an aromatic ring is 2. The molecule has 0 aliphatic carbocycles. The molecule has 5 N–H and O–H groups in total. The van der Waals surface area contributed by atoms with Crippen LogP contribution < -0.4 is 16.8 Å². The Morgan fingerprint density at radius 3 is 2.76 bits per heavy atom. The van der Waals surface area contributed by atoms with Gasteiger partial charge in [-0.25, -0.2) is 4.98 Å². The maximum absolute atomic E-state index is 5.65. The van der Waals surface area contributed by atoms with E-state index >= 15 is 0 Å². The van der Waals surface area contributed by atoms with Gasteiger partial charge in [-0.2, -0.15) is 5.10 Å². The lowest BCUT2D eigenvalue weighted by atomic mass is 10.3. The summed E-state index contributed by atoms with van der Waals surface area (Å²) < 4.78 is 1.77. The highest BCUT2D eigenvalue weighted by Gasteiger charge is 2.07. The molecule has 2 rings (SSSR count). The van der Waals surface area contributed by atoms with Gasteiger partial charge in [-0.15, -0.1) is 0 Å². The van der Waals surface area contributed by atoms with Gasteiger partial charge in [0.15, 0.2) is 0 Å². The predicted molar refractivity (Wildman–Crippen MR) is 68.9 cm³/mol. The molecule has 0 fully saturated rings. The van der Waals surface area contributed by atoms with Crippen molar-refractivity contribution in [3.05, 3.63) is 24.0 Å². The van der Waals surface area contributed by atoms with Crippen LogP contribution in [-0.2, 0) is 13.5 Å². The first-order chi connectivity index (χ1) is 8.10. The molecule has 17 heavy (non-hydrogen) atoms. The zero-order chi connectivity index (χ0) is 12.4. The van der Waals surface area contributed by atoms with Gasteiger partial charge in [0.25, 0.3) is 0 Å². The normalized spacial score (nSPS) is 10.5. The van der Waals surface area contributed by atoms with E-state index in [1.807, 2.05) is 13.2 Å². The molecule has 0 unspecified atom stereocenters. The number of aromatic nitrogens is 3. The zero-order valence-corrected chi connectivity index (χ0v) is 9.94.